The lowest BCUT2D eigenvalue weighted by Crippen LogP contribution is -2.35. The summed E-state index contributed by atoms with van der Waals surface area (Å²) in [6.45, 7) is 2.13. The van der Waals surface area contributed by atoms with Gasteiger partial charge in [0.2, 0.25) is 0 Å². The van der Waals surface area contributed by atoms with Crippen molar-refractivity contribution >= 4 is 29.1 Å². The first-order valence-electron chi connectivity index (χ1n) is 4.36. The highest BCUT2D eigenvalue weighted by Gasteiger charge is 2.12. The Hall–Kier alpha value is -0.390. The molecule has 0 radical (unpaired) electrons. The van der Waals surface area contributed by atoms with Gasteiger partial charge in [-0.25, -0.2) is 5.01 Å². The summed E-state index contributed by atoms with van der Waals surface area (Å²) >= 11 is 6.94. The molecule has 1 aromatic rings. The Bertz CT molecular complexity index is 271. The van der Waals surface area contributed by atoms with Crippen molar-refractivity contribution in [1.82, 2.24) is 13.8 Å². The lowest BCUT2D eigenvalue weighted by atomic mass is 10.2. The van der Waals surface area contributed by atoms with Gasteiger partial charge >= 0.3 is 0 Å². The predicted octanol–water partition coefficient (Wildman–Crippen LogP) is 2.00. The topological polar surface area (TPSA) is 41.1 Å². The fourth-order valence-electron chi connectivity index (χ4n) is 1.40. The second-order valence-electron chi connectivity index (χ2n) is 3.06. The van der Waals surface area contributed by atoms with Crippen molar-refractivity contribution in [3.63, 3.8) is 0 Å². The maximum absolute atomic E-state index is 5.81. The molecule has 0 atom stereocenters. The van der Waals surface area contributed by atoms with Crippen LogP contribution in [0.25, 0.3) is 0 Å². The summed E-state index contributed by atoms with van der Waals surface area (Å²) in [5, 5.41) is 2.61. The molecule has 0 amide bonds. The van der Waals surface area contributed by atoms with Crippen molar-refractivity contribution in [2.45, 2.75) is 19.3 Å². The quantitative estimate of drug-likeness (QED) is 0.825. The average Bonchev–Trinajstić information content (AvgIpc) is 2.54. The van der Waals surface area contributed by atoms with E-state index in [4.69, 9.17) is 11.6 Å². The van der Waals surface area contributed by atoms with Gasteiger partial charge in [0.15, 0.2) is 11.0 Å². The van der Waals surface area contributed by atoms with E-state index in [-0.39, 0.29) is 0 Å². The monoisotopic (exact) mass is 218 g/mol. The maximum atomic E-state index is 5.81. The molecule has 1 fully saturated rings. The lowest BCUT2D eigenvalue weighted by molar-refractivity contribution is 0.272. The van der Waals surface area contributed by atoms with E-state index >= 15 is 0 Å². The SMILES string of the molecule is Clc1nsnc1NN1CCCCC1. The summed E-state index contributed by atoms with van der Waals surface area (Å²) in [6.07, 6.45) is 3.80. The van der Waals surface area contributed by atoms with Gasteiger partial charge in [-0.05, 0) is 12.8 Å². The van der Waals surface area contributed by atoms with Gasteiger partial charge in [0, 0.05) is 13.1 Å². The molecule has 2 heterocycles. The first-order chi connectivity index (χ1) is 6.36. The van der Waals surface area contributed by atoms with E-state index in [1.54, 1.807) is 0 Å². The van der Waals surface area contributed by atoms with Crippen LogP contribution in [0.3, 0.4) is 0 Å². The molecule has 1 aromatic heterocycles. The number of hydrazine groups is 1. The standard InChI is InChI=1S/C7H11ClN4S/c8-6-7(11-13-10-6)9-12-4-2-1-3-5-12/h1-5H2,(H,9,11). The van der Waals surface area contributed by atoms with Gasteiger partial charge in [-0.3, -0.25) is 5.43 Å². The summed E-state index contributed by atoms with van der Waals surface area (Å²) in [6, 6.07) is 0. The molecule has 1 aliphatic rings. The molecule has 13 heavy (non-hydrogen) atoms. The molecule has 0 aromatic carbocycles. The number of rotatable bonds is 2. The largest absolute Gasteiger partial charge is 0.300 e. The van der Waals surface area contributed by atoms with Gasteiger partial charge in [0.1, 0.15) is 0 Å². The highest BCUT2D eigenvalue weighted by atomic mass is 35.5. The summed E-state index contributed by atoms with van der Waals surface area (Å²) in [7, 11) is 0. The van der Waals surface area contributed by atoms with Crippen LogP contribution in [0.5, 0.6) is 0 Å². The van der Waals surface area contributed by atoms with Gasteiger partial charge in [-0.1, -0.05) is 18.0 Å². The molecule has 4 nitrogen and oxygen atoms in total. The second kappa shape index (κ2) is 4.21. The average molecular weight is 219 g/mol. The van der Waals surface area contributed by atoms with Crippen LogP contribution in [0.4, 0.5) is 5.82 Å². The molecule has 1 N–H and O–H groups in total. The first-order valence-corrected chi connectivity index (χ1v) is 5.47. The third-order valence-corrected chi connectivity index (χ3v) is 2.96. The van der Waals surface area contributed by atoms with Crippen molar-refractivity contribution in [3.8, 4) is 0 Å². The number of nitrogens with zero attached hydrogens (tertiary/aromatic N) is 3. The number of nitrogens with one attached hydrogen (secondary N) is 1. The maximum Gasteiger partial charge on any atom is 0.193 e. The third-order valence-electron chi connectivity index (χ3n) is 2.07. The van der Waals surface area contributed by atoms with Crippen LogP contribution in [0, 0.1) is 0 Å². The molecular formula is C7H11ClN4S. The van der Waals surface area contributed by atoms with Crippen LogP contribution >= 0.6 is 23.3 Å². The Labute approximate surface area is 86.2 Å². The number of piperidine rings is 1. The van der Waals surface area contributed by atoms with Crippen LogP contribution in [-0.4, -0.2) is 26.8 Å². The second-order valence-corrected chi connectivity index (χ2v) is 3.95. The summed E-state index contributed by atoms with van der Waals surface area (Å²) in [5.41, 5.74) is 3.17. The number of hydrogen-bond donors (Lipinski definition) is 1. The van der Waals surface area contributed by atoms with Crippen molar-refractivity contribution in [3.05, 3.63) is 5.15 Å². The molecular weight excluding hydrogens is 208 g/mol. The molecule has 72 valence electrons. The molecule has 0 bridgehead atoms. The van der Waals surface area contributed by atoms with E-state index in [0.717, 1.165) is 24.8 Å². The van der Waals surface area contributed by atoms with Crippen LogP contribution in [-0.2, 0) is 0 Å². The molecule has 6 heteroatoms. The van der Waals surface area contributed by atoms with Gasteiger partial charge in [0.05, 0.1) is 11.7 Å². The fraction of sp³-hybridized carbons (Fsp3) is 0.714. The number of anilines is 1. The Morgan fingerprint density at radius 3 is 2.62 bits per heavy atom. The molecule has 1 aliphatic heterocycles. The minimum absolute atomic E-state index is 0.468. The highest BCUT2D eigenvalue weighted by Crippen LogP contribution is 2.19. The van der Waals surface area contributed by atoms with Gasteiger partial charge in [-0.2, -0.15) is 8.75 Å². The van der Waals surface area contributed by atoms with Crippen molar-refractivity contribution in [2.75, 3.05) is 18.5 Å². The smallest absolute Gasteiger partial charge is 0.193 e. The van der Waals surface area contributed by atoms with Crippen molar-refractivity contribution < 1.29 is 0 Å². The summed E-state index contributed by atoms with van der Waals surface area (Å²) in [4.78, 5) is 0. The molecule has 2 rings (SSSR count). The van der Waals surface area contributed by atoms with E-state index in [0.29, 0.717) is 11.0 Å². The Morgan fingerprint density at radius 1 is 1.23 bits per heavy atom. The Balaban J connectivity index is 1.93. The minimum atomic E-state index is 0.468. The third kappa shape index (κ3) is 2.30. The van der Waals surface area contributed by atoms with E-state index in [9.17, 15) is 0 Å². The number of hydrogen-bond acceptors (Lipinski definition) is 5. The summed E-state index contributed by atoms with van der Waals surface area (Å²) < 4.78 is 7.94. The zero-order valence-electron chi connectivity index (χ0n) is 7.16. The van der Waals surface area contributed by atoms with E-state index in [2.05, 4.69) is 19.2 Å². The van der Waals surface area contributed by atoms with E-state index in [1.807, 2.05) is 0 Å². The number of aromatic nitrogens is 2. The first kappa shape index (κ1) is 9.18. The van der Waals surface area contributed by atoms with Crippen molar-refractivity contribution in [2.24, 2.45) is 0 Å². The van der Waals surface area contributed by atoms with Gasteiger partial charge in [-0.15, -0.1) is 0 Å². The molecule has 1 saturated heterocycles. The lowest BCUT2D eigenvalue weighted by Gasteiger charge is -2.26. The normalized spacial score (nSPS) is 18.8. The van der Waals surface area contributed by atoms with E-state index in [1.165, 1.54) is 19.3 Å². The van der Waals surface area contributed by atoms with Gasteiger partial charge in [0.25, 0.3) is 0 Å². The van der Waals surface area contributed by atoms with Crippen LogP contribution < -0.4 is 5.43 Å². The van der Waals surface area contributed by atoms with Crippen LogP contribution in [0.1, 0.15) is 19.3 Å². The molecule has 0 spiro atoms. The Morgan fingerprint density at radius 2 is 2.00 bits per heavy atom. The molecule has 0 saturated carbocycles. The zero-order valence-corrected chi connectivity index (χ0v) is 8.74. The predicted molar refractivity (Wildman–Crippen MR) is 54.0 cm³/mol. The van der Waals surface area contributed by atoms with Crippen molar-refractivity contribution in [1.29, 1.82) is 0 Å². The fourth-order valence-corrected chi connectivity index (χ4v) is 2.04. The van der Waals surface area contributed by atoms with Crippen LogP contribution in [0.15, 0.2) is 0 Å². The molecule has 0 unspecified atom stereocenters. The molecule has 0 aliphatic carbocycles. The minimum Gasteiger partial charge on any atom is -0.300 e. The van der Waals surface area contributed by atoms with E-state index < -0.39 is 0 Å². The summed E-state index contributed by atoms with van der Waals surface area (Å²) in [5.74, 6) is 0.688. The number of halogens is 1. The van der Waals surface area contributed by atoms with Crippen LogP contribution in [0.2, 0.25) is 5.15 Å². The zero-order chi connectivity index (χ0) is 9.10. The van der Waals surface area contributed by atoms with Gasteiger partial charge < -0.3 is 0 Å². The highest BCUT2D eigenvalue weighted by molar-refractivity contribution is 6.99. The Kier molecular flexibility index (Phi) is 2.97.